The average Bonchev–Trinajstić information content (AvgIpc) is 3.37. The van der Waals surface area contributed by atoms with Crippen LogP contribution >= 0.6 is 0 Å². The molecule has 2 N–H and O–H groups in total. The van der Waals surface area contributed by atoms with Crippen LogP contribution in [0, 0.1) is 41.4 Å². The van der Waals surface area contributed by atoms with Gasteiger partial charge in [0.15, 0.2) is 0 Å². The van der Waals surface area contributed by atoms with Crippen molar-refractivity contribution in [1.82, 2.24) is 0 Å². The molecule has 1 aliphatic carbocycles. The van der Waals surface area contributed by atoms with E-state index >= 15 is 0 Å². The molecule has 1 aliphatic rings. The van der Waals surface area contributed by atoms with Gasteiger partial charge >= 0.3 is 11.9 Å². The van der Waals surface area contributed by atoms with E-state index in [0.29, 0.717) is 25.9 Å². The maximum Gasteiger partial charge on any atom is 0.305 e. The first-order valence-corrected chi connectivity index (χ1v) is 21.4. The number of allylic oxidation sites excluding steroid dienone is 2. The predicted octanol–water partition coefficient (Wildman–Crippen LogP) is 11.4. The van der Waals surface area contributed by atoms with E-state index in [1.54, 1.807) is 0 Å². The number of carbonyl (C=O) groups excluding carboxylic acids is 2. The minimum Gasteiger partial charge on any atom is -0.466 e. The van der Waals surface area contributed by atoms with Crippen LogP contribution in [0.2, 0.25) is 0 Å². The molecular weight excluding hydrogens is 624 g/mol. The third-order valence-electron chi connectivity index (χ3n) is 12.4. The standard InChI is InChI=1S/C44H82O6/c1-9-15-16-17-20-26-36(50-34(8)45)29-30-41-40(42(46)32-43(41)47)27-21-18-19-22-28-44(48)49-31-24-23-25-35(11-3)38(13-5)39(14-6)37(12-4)33(7)10-2/h18,21,33,35-43,46-47H,9-17,19-20,22-32H2,1-8H3/b21-18-/t33?,35?,36-,37?,38?,39?,40+,41+,42-,43+/m0/s1. The Hall–Kier alpha value is -1.40. The summed E-state index contributed by atoms with van der Waals surface area (Å²) >= 11 is 0. The van der Waals surface area contributed by atoms with Gasteiger partial charge in [-0.3, -0.25) is 9.59 Å². The topological polar surface area (TPSA) is 93.1 Å². The van der Waals surface area contributed by atoms with Crippen molar-refractivity contribution in [3.63, 3.8) is 0 Å². The first-order valence-electron chi connectivity index (χ1n) is 21.4. The molecule has 0 spiro atoms. The Morgan fingerprint density at radius 2 is 1.38 bits per heavy atom. The minimum atomic E-state index is -0.530. The maximum atomic E-state index is 12.4. The summed E-state index contributed by atoms with van der Waals surface area (Å²) in [4.78, 5) is 24.1. The molecule has 1 fully saturated rings. The third kappa shape index (κ3) is 17.9. The second-order valence-electron chi connectivity index (χ2n) is 15.8. The van der Waals surface area contributed by atoms with E-state index in [0.717, 1.165) is 87.4 Å². The lowest BCUT2D eigenvalue weighted by atomic mass is 9.66. The molecule has 294 valence electrons. The van der Waals surface area contributed by atoms with Gasteiger partial charge in [-0.15, -0.1) is 0 Å². The highest BCUT2D eigenvalue weighted by molar-refractivity contribution is 5.69. The molecule has 6 nitrogen and oxygen atoms in total. The molecule has 1 rings (SSSR count). The number of esters is 2. The second kappa shape index (κ2) is 28.1. The Morgan fingerprint density at radius 1 is 0.720 bits per heavy atom. The van der Waals surface area contributed by atoms with Gasteiger partial charge in [-0.1, -0.05) is 125 Å². The second-order valence-corrected chi connectivity index (χ2v) is 15.8. The fraction of sp³-hybridized carbons (Fsp3) is 0.909. The Kier molecular flexibility index (Phi) is 26.2. The summed E-state index contributed by atoms with van der Waals surface area (Å²) in [6.07, 6.45) is 23.9. The summed E-state index contributed by atoms with van der Waals surface area (Å²) in [5.41, 5.74) is 0. The zero-order chi connectivity index (χ0) is 37.3. The van der Waals surface area contributed by atoms with Gasteiger partial charge in [-0.2, -0.15) is 0 Å². The maximum absolute atomic E-state index is 12.4. The fourth-order valence-corrected chi connectivity index (χ4v) is 9.32. The number of aliphatic hydroxyl groups is 2. The summed E-state index contributed by atoms with van der Waals surface area (Å²) in [6, 6.07) is 0. The zero-order valence-corrected chi connectivity index (χ0v) is 34.0. The molecule has 50 heavy (non-hydrogen) atoms. The molecule has 0 bridgehead atoms. The van der Waals surface area contributed by atoms with E-state index in [1.807, 2.05) is 0 Å². The Labute approximate surface area is 309 Å². The van der Waals surface area contributed by atoms with Crippen LogP contribution in [-0.2, 0) is 19.1 Å². The van der Waals surface area contributed by atoms with E-state index in [9.17, 15) is 19.8 Å². The van der Waals surface area contributed by atoms with Crippen molar-refractivity contribution in [3.05, 3.63) is 12.2 Å². The third-order valence-corrected chi connectivity index (χ3v) is 12.4. The van der Waals surface area contributed by atoms with Gasteiger partial charge in [-0.25, -0.2) is 0 Å². The summed E-state index contributed by atoms with van der Waals surface area (Å²) in [5, 5.41) is 21.4. The summed E-state index contributed by atoms with van der Waals surface area (Å²) in [7, 11) is 0. The van der Waals surface area contributed by atoms with Crippen molar-refractivity contribution in [2.45, 2.75) is 209 Å². The number of carbonyl (C=O) groups is 2. The lowest BCUT2D eigenvalue weighted by Crippen LogP contribution is -2.31. The van der Waals surface area contributed by atoms with Gasteiger partial charge in [-0.05, 0) is 106 Å². The monoisotopic (exact) mass is 707 g/mol. The molecular formula is C44H82O6. The number of aliphatic hydroxyl groups excluding tert-OH is 2. The molecule has 0 aromatic rings. The predicted molar refractivity (Wildman–Crippen MR) is 209 cm³/mol. The molecule has 0 aliphatic heterocycles. The number of rotatable bonds is 30. The van der Waals surface area contributed by atoms with Crippen LogP contribution in [0.3, 0.4) is 0 Å². The van der Waals surface area contributed by atoms with Crippen LogP contribution in [0.15, 0.2) is 12.2 Å². The van der Waals surface area contributed by atoms with Crippen LogP contribution in [0.25, 0.3) is 0 Å². The first-order chi connectivity index (χ1) is 24.1. The number of ether oxygens (including phenoxy) is 2. The lowest BCUT2D eigenvalue weighted by Gasteiger charge is -2.39. The molecule has 0 radical (unpaired) electrons. The molecule has 5 unspecified atom stereocenters. The summed E-state index contributed by atoms with van der Waals surface area (Å²) in [5.74, 6) is 3.56. The number of hydrogen-bond acceptors (Lipinski definition) is 6. The quantitative estimate of drug-likeness (QED) is 0.0439. The molecule has 0 aromatic carbocycles. The van der Waals surface area contributed by atoms with Gasteiger partial charge in [0.25, 0.3) is 0 Å². The summed E-state index contributed by atoms with van der Waals surface area (Å²) < 4.78 is 11.2. The van der Waals surface area contributed by atoms with Crippen molar-refractivity contribution in [1.29, 1.82) is 0 Å². The highest BCUT2D eigenvalue weighted by atomic mass is 16.5. The van der Waals surface area contributed by atoms with Crippen molar-refractivity contribution < 1.29 is 29.3 Å². The van der Waals surface area contributed by atoms with Crippen LogP contribution in [0.5, 0.6) is 0 Å². The fourth-order valence-electron chi connectivity index (χ4n) is 9.32. The highest BCUT2D eigenvalue weighted by Gasteiger charge is 2.41. The van der Waals surface area contributed by atoms with Crippen molar-refractivity contribution in [2.75, 3.05) is 6.61 Å². The number of hydrogen-bond donors (Lipinski definition) is 2. The van der Waals surface area contributed by atoms with Gasteiger partial charge < -0.3 is 19.7 Å². The Morgan fingerprint density at radius 3 is 2.00 bits per heavy atom. The van der Waals surface area contributed by atoms with Gasteiger partial charge in [0, 0.05) is 13.3 Å². The summed E-state index contributed by atoms with van der Waals surface area (Å²) in [6.45, 7) is 18.5. The minimum absolute atomic E-state index is 0.00510. The van der Waals surface area contributed by atoms with Gasteiger partial charge in [0.05, 0.1) is 18.8 Å². The van der Waals surface area contributed by atoms with Crippen molar-refractivity contribution in [3.8, 4) is 0 Å². The number of unbranched alkanes of at least 4 members (excludes halogenated alkanes) is 6. The normalized spacial score (nSPS) is 23.0. The SMILES string of the molecule is CCCCCCC[C@@H](CC[C@@H]1[C@@H](C/C=C\CCCC(=O)OCCCCC(CC)C(CC)C(CC)C(CC)C(C)CC)[C@@H](O)C[C@H]1O)OC(C)=O. The lowest BCUT2D eigenvalue weighted by molar-refractivity contribution is -0.147. The molecule has 0 heterocycles. The van der Waals surface area contributed by atoms with Crippen LogP contribution in [-0.4, -0.2) is 47.1 Å². The average molecular weight is 707 g/mol. The Balaban J connectivity index is 2.41. The molecule has 0 amide bonds. The van der Waals surface area contributed by atoms with Crippen LogP contribution in [0.4, 0.5) is 0 Å². The smallest absolute Gasteiger partial charge is 0.305 e. The molecule has 6 heteroatoms. The highest BCUT2D eigenvalue weighted by Crippen LogP contribution is 2.42. The first kappa shape index (κ1) is 46.6. The van der Waals surface area contributed by atoms with Crippen molar-refractivity contribution >= 4 is 11.9 Å². The zero-order valence-electron chi connectivity index (χ0n) is 34.0. The van der Waals surface area contributed by atoms with Crippen LogP contribution < -0.4 is 0 Å². The van der Waals surface area contributed by atoms with E-state index in [2.05, 4.69) is 60.6 Å². The molecule has 0 aromatic heterocycles. The molecule has 10 atom stereocenters. The molecule has 0 saturated heterocycles. The van der Waals surface area contributed by atoms with Gasteiger partial charge in [0.2, 0.25) is 0 Å². The Bertz CT molecular complexity index is 888. The molecule has 1 saturated carbocycles. The largest absolute Gasteiger partial charge is 0.466 e. The van der Waals surface area contributed by atoms with Gasteiger partial charge in [0.1, 0.15) is 6.10 Å². The van der Waals surface area contributed by atoms with Crippen LogP contribution in [0.1, 0.15) is 190 Å². The van der Waals surface area contributed by atoms with E-state index in [-0.39, 0.29) is 29.9 Å². The van der Waals surface area contributed by atoms with E-state index < -0.39 is 12.2 Å². The van der Waals surface area contributed by atoms with E-state index in [1.165, 1.54) is 64.7 Å². The van der Waals surface area contributed by atoms with E-state index in [4.69, 9.17) is 9.47 Å². The van der Waals surface area contributed by atoms with Crippen molar-refractivity contribution in [2.24, 2.45) is 41.4 Å².